The zero-order chi connectivity index (χ0) is 21.1. The number of amides is 1. The summed E-state index contributed by atoms with van der Waals surface area (Å²) in [5.74, 6) is 1.95. The van der Waals surface area contributed by atoms with Gasteiger partial charge in [-0.25, -0.2) is 0 Å². The minimum absolute atomic E-state index is 0.152. The van der Waals surface area contributed by atoms with E-state index in [1.807, 2.05) is 34.6 Å². The zero-order valence-corrected chi connectivity index (χ0v) is 18.6. The van der Waals surface area contributed by atoms with Crippen LogP contribution in [0.2, 0.25) is 0 Å². The van der Waals surface area contributed by atoms with Crippen molar-refractivity contribution >= 4 is 17.7 Å². The van der Waals surface area contributed by atoms with Crippen LogP contribution in [0.1, 0.15) is 36.7 Å². The molecule has 156 valence electrons. The standard InChI is InChI=1S/C24H28N4OS/c1-17-9-13-22(14-10-17)28-19(3)25-26-24(28)30-16-23(29)27(18(2)21-11-12-21)15-20-7-5-4-6-8-20/h4-10,13-14,18,21H,11-12,15-16H2,1-3H3. The SMILES string of the molecule is Cc1ccc(-n2c(C)nnc2SCC(=O)N(Cc2ccccc2)C(C)C2CC2)cc1. The molecule has 1 atom stereocenters. The predicted octanol–water partition coefficient (Wildman–Crippen LogP) is 4.80. The summed E-state index contributed by atoms with van der Waals surface area (Å²) in [7, 11) is 0. The van der Waals surface area contributed by atoms with Crippen molar-refractivity contribution in [3.8, 4) is 5.69 Å². The highest BCUT2D eigenvalue weighted by Crippen LogP contribution is 2.36. The number of aromatic nitrogens is 3. The number of aryl methyl sites for hydroxylation is 2. The first-order chi connectivity index (χ1) is 14.5. The van der Waals surface area contributed by atoms with Crippen LogP contribution in [0, 0.1) is 19.8 Å². The maximum absolute atomic E-state index is 13.2. The van der Waals surface area contributed by atoms with Crippen LogP contribution in [-0.4, -0.2) is 37.4 Å². The molecule has 5 nitrogen and oxygen atoms in total. The molecule has 1 fully saturated rings. The lowest BCUT2D eigenvalue weighted by molar-refractivity contribution is -0.131. The van der Waals surface area contributed by atoms with Gasteiger partial charge in [0.1, 0.15) is 5.82 Å². The molecule has 3 aromatic rings. The van der Waals surface area contributed by atoms with Crippen molar-refractivity contribution in [2.75, 3.05) is 5.75 Å². The summed E-state index contributed by atoms with van der Waals surface area (Å²) in [4.78, 5) is 15.3. The number of nitrogens with zero attached hydrogens (tertiary/aromatic N) is 4. The van der Waals surface area contributed by atoms with Crippen LogP contribution < -0.4 is 0 Å². The average molecular weight is 421 g/mol. The second-order valence-corrected chi connectivity index (χ2v) is 9.02. The number of hydrogen-bond acceptors (Lipinski definition) is 4. The fraction of sp³-hybridized carbons (Fsp3) is 0.375. The molecule has 1 unspecified atom stereocenters. The molecule has 30 heavy (non-hydrogen) atoms. The minimum atomic E-state index is 0.152. The van der Waals surface area contributed by atoms with Gasteiger partial charge in [0.2, 0.25) is 5.91 Å². The molecule has 1 aliphatic carbocycles. The number of benzene rings is 2. The summed E-state index contributed by atoms with van der Waals surface area (Å²) in [6.45, 7) is 6.85. The highest BCUT2D eigenvalue weighted by atomic mass is 32.2. The van der Waals surface area contributed by atoms with Crippen molar-refractivity contribution in [2.45, 2.75) is 51.4 Å². The molecule has 0 bridgehead atoms. The van der Waals surface area contributed by atoms with E-state index >= 15 is 0 Å². The van der Waals surface area contributed by atoms with Crippen LogP contribution in [-0.2, 0) is 11.3 Å². The molecule has 6 heteroatoms. The molecule has 0 aliphatic heterocycles. The molecule has 2 aromatic carbocycles. The molecule has 0 saturated heterocycles. The maximum atomic E-state index is 13.2. The van der Waals surface area contributed by atoms with Gasteiger partial charge < -0.3 is 4.90 Å². The Hall–Kier alpha value is -2.60. The van der Waals surface area contributed by atoms with Crippen molar-refractivity contribution in [1.29, 1.82) is 0 Å². The number of thioether (sulfide) groups is 1. The topological polar surface area (TPSA) is 51.0 Å². The monoisotopic (exact) mass is 420 g/mol. The Morgan fingerprint density at radius 1 is 1.10 bits per heavy atom. The highest BCUT2D eigenvalue weighted by molar-refractivity contribution is 7.99. The lowest BCUT2D eigenvalue weighted by atomic mass is 10.1. The van der Waals surface area contributed by atoms with E-state index < -0.39 is 0 Å². The van der Waals surface area contributed by atoms with Crippen LogP contribution >= 0.6 is 11.8 Å². The Morgan fingerprint density at radius 3 is 2.47 bits per heavy atom. The third-order valence-electron chi connectivity index (χ3n) is 5.72. The number of hydrogen-bond donors (Lipinski definition) is 0. The molecule has 0 N–H and O–H groups in total. The Kier molecular flexibility index (Phi) is 6.23. The fourth-order valence-electron chi connectivity index (χ4n) is 3.71. The molecule has 0 spiro atoms. The van der Waals surface area contributed by atoms with Crippen LogP contribution in [0.25, 0.3) is 5.69 Å². The van der Waals surface area contributed by atoms with Crippen molar-refractivity contribution in [3.05, 3.63) is 71.5 Å². The summed E-state index contributed by atoms with van der Waals surface area (Å²) in [6, 6.07) is 18.8. The Balaban J connectivity index is 1.49. The largest absolute Gasteiger partial charge is 0.335 e. The third-order valence-corrected chi connectivity index (χ3v) is 6.64. The van der Waals surface area contributed by atoms with Gasteiger partial charge in [0.05, 0.1) is 5.75 Å². The van der Waals surface area contributed by atoms with Crippen molar-refractivity contribution < 1.29 is 4.79 Å². The smallest absolute Gasteiger partial charge is 0.233 e. The highest BCUT2D eigenvalue weighted by Gasteiger charge is 2.34. The summed E-state index contributed by atoms with van der Waals surface area (Å²) < 4.78 is 2.02. The van der Waals surface area contributed by atoms with E-state index in [0.717, 1.165) is 16.7 Å². The predicted molar refractivity (Wildman–Crippen MR) is 121 cm³/mol. The molecule has 0 radical (unpaired) electrons. The molecular weight excluding hydrogens is 392 g/mol. The van der Waals surface area contributed by atoms with Crippen molar-refractivity contribution in [3.63, 3.8) is 0 Å². The van der Waals surface area contributed by atoms with Gasteiger partial charge >= 0.3 is 0 Å². The van der Waals surface area contributed by atoms with Gasteiger partial charge in [0, 0.05) is 18.3 Å². The van der Waals surface area contributed by atoms with Gasteiger partial charge in [-0.2, -0.15) is 0 Å². The summed E-state index contributed by atoms with van der Waals surface area (Å²) in [6.07, 6.45) is 2.43. The molecule has 1 saturated carbocycles. The van der Waals surface area contributed by atoms with E-state index in [1.165, 1.54) is 35.7 Å². The third kappa shape index (κ3) is 4.75. The normalized spacial score (nSPS) is 14.5. The zero-order valence-electron chi connectivity index (χ0n) is 17.8. The second-order valence-electron chi connectivity index (χ2n) is 8.07. The van der Waals surface area contributed by atoms with Gasteiger partial charge in [0.15, 0.2) is 5.16 Å². The van der Waals surface area contributed by atoms with Gasteiger partial charge in [0.25, 0.3) is 0 Å². The van der Waals surface area contributed by atoms with E-state index in [9.17, 15) is 4.79 Å². The van der Waals surface area contributed by atoms with Gasteiger partial charge in [-0.1, -0.05) is 59.8 Å². The molecule has 1 aliphatic rings. The maximum Gasteiger partial charge on any atom is 0.233 e. The molecular formula is C24H28N4OS. The minimum Gasteiger partial charge on any atom is -0.335 e. The van der Waals surface area contributed by atoms with Crippen LogP contribution in [0.3, 0.4) is 0 Å². The first-order valence-electron chi connectivity index (χ1n) is 10.5. The summed E-state index contributed by atoms with van der Waals surface area (Å²) in [5, 5.41) is 9.33. The molecule has 4 rings (SSSR count). The van der Waals surface area contributed by atoms with Crippen LogP contribution in [0.15, 0.2) is 59.8 Å². The Bertz CT molecular complexity index is 996. The van der Waals surface area contributed by atoms with Crippen LogP contribution in [0.4, 0.5) is 0 Å². The number of carbonyl (C=O) groups is 1. The first-order valence-corrected chi connectivity index (χ1v) is 11.5. The van der Waals surface area contributed by atoms with E-state index in [4.69, 9.17) is 0 Å². The van der Waals surface area contributed by atoms with E-state index in [2.05, 4.69) is 60.4 Å². The first kappa shape index (κ1) is 20.7. The second kappa shape index (κ2) is 9.04. The average Bonchev–Trinajstić information content (AvgIpc) is 3.54. The lowest BCUT2D eigenvalue weighted by Gasteiger charge is -2.29. The van der Waals surface area contributed by atoms with Crippen molar-refractivity contribution in [2.24, 2.45) is 5.92 Å². The quantitative estimate of drug-likeness (QED) is 0.491. The Labute approximate surface area is 182 Å². The summed E-state index contributed by atoms with van der Waals surface area (Å²) in [5.41, 5.74) is 3.40. The van der Waals surface area contributed by atoms with Gasteiger partial charge in [-0.05, 0) is 57.2 Å². The van der Waals surface area contributed by atoms with E-state index in [1.54, 1.807) is 0 Å². The molecule has 1 amide bonds. The summed E-state index contributed by atoms with van der Waals surface area (Å²) >= 11 is 1.46. The van der Waals surface area contributed by atoms with Gasteiger partial charge in [-0.15, -0.1) is 10.2 Å². The Morgan fingerprint density at radius 2 is 1.80 bits per heavy atom. The van der Waals surface area contributed by atoms with Crippen LogP contribution in [0.5, 0.6) is 0 Å². The van der Waals surface area contributed by atoms with Crippen molar-refractivity contribution in [1.82, 2.24) is 19.7 Å². The van der Waals surface area contributed by atoms with E-state index in [-0.39, 0.29) is 11.9 Å². The number of carbonyl (C=O) groups excluding carboxylic acids is 1. The lowest BCUT2D eigenvalue weighted by Crippen LogP contribution is -2.40. The van der Waals surface area contributed by atoms with Gasteiger partial charge in [-0.3, -0.25) is 9.36 Å². The molecule has 1 aromatic heterocycles. The fourth-order valence-corrected chi connectivity index (χ4v) is 4.59. The number of rotatable bonds is 8. The van der Waals surface area contributed by atoms with E-state index in [0.29, 0.717) is 18.2 Å². The molecule has 1 heterocycles.